The Balaban J connectivity index is 1.96. The van der Waals surface area contributed by atoms with Gasteiger partial charge in [-0.2, -0.15) is 0 Å². The van der Waals surface area contributed by atoms with Crippen LogP contribution in [0.25, 0.3) is 0 Å². The Morgan fingerprint density at radius 1 is 1.38 bits per heavy atom. The Morgan fingerprint density at radius 2 is 2.19 bits per heavy atom. The number of hydrogen-bond donors (Lipinski definition) is 2. The quantitative estimate of drug-likeness (QED) is 0.774. The van der Waals surface area contributed by atoms with Crippen LogP contribution < -0.4 is 4.74 Å². The molecule has 2 rings (SSSR count). The number of rotatable bonds is 6. The standard InChI is InChI=1S/C13H18O3/c14-8-2-5-13(15)10-3-1-4-12(9-10)16-11-6-7-11/h1,3-4,9,11,13-15H,2,5-8H2. The fourth-order valence-corrected chi connectivity index (χ4v) is 1.62. The van der Waals surface area contributed by atoms with Gasteiger partial charge in [-0.1, -0.05) is 12.1 Å². The lowest BCUT2D eigenvalue weighted by atomic mass is 10.1. The molecule has 88 valence electrons. The Morgan fingerprint density at radius 3 is 2.88 bits per heavy atom. The Bertz CT molecular complexity index is 334. The van der Waals surface area contributed by atoms with E-state index in [-0.39, 0.29) is 6.61 Å². The van der Waals surface area contributed by atoms with Crippen molar-refractivity contribution in [3.05, 3.63) is 29.8 Å². The summed E-state index contributed by atoms with van der Waals surface area (Å²) in [5.74, 6) is 0.836. The smallest absolute Gasteiger partial charge is 0.120 e. The van der Waals surface area contributed by atoms with Crippen LogP contribution >= 0.6 is 0 Å². The molecule has 2 N–H and O–H groups in total. The van der Waals surface area contributed by atoms with Gasteiger partial charge in [0.05, 0.1) is 12.2 Å². The topological polar surface area (TPSA) is 49.7 Å². The van der Waals surface area contributed by atoms with Gasteiger partial charge in [0, 0.05) is 6.61 Å². The van der Waals surface area contributed by atoms with E-state index in [1.807, 2.05) is 24.3 Å². The van der Waals surface area contributed by atoms with Gasteiger partial charge in [-0.15, -0.1) is 0 Å². The third kappa shape index (κ3) is 3.22. The summed E-state index contributed by atoms with van der Waals surface area (Å²) >= 11 is 0. The van der Waals surface area contributed by atoms with E-state index in [0.29, 0.717) is 18.9 Å². The number of ether oxygens (including phenoxy) is 1. The maximum Gasteiger partial charge on any atom is 0.120 e. The highest BCUT2D eigenvalue weighted by Gasteiger charge is 2.23. The largest absolute Gasteiger partial charge is 0.490 e. The molecule has 0 aromatic heterocycles. The second-order valence-corrected chi connectivity index (χ2v) is 4.27. The van der Waals surface area contributed by atoms with Crippen molar-refractivity contribution in [2.75, 3.05) is 6.61 Å². The molecule has 0 amide bonds. The predicted molar refractivity (Wildman–Crippen MR) is 61.4 cm³/mol. The van der Waals surface area contributed by atoms with E-state index in [9.17, 15) is 5.11 Å². The molecule has 1 unspecified atom stereocenters. The van der Waals surface area contributed by atoms with Crippen LogP contribution in [0, 0.1) is 0 Å². The molecule has 1 aromatic rings. The van der Waals surface area contributed by atoms with E-state index in [4.69, 9.17) is 9.84 Å². The molecule has 0 saturated heterocycles. The Labute approximate surface area is 95.7 Å². The molecule has 3 nitrogen and oxygen atoms in total. The van der Waals surface area contributed by atoms with Crippen molar-refractivity contribution in [3.63, 3.8) is 0 Å². The van der Waals surface area contributed by atoms with E-state index < -0.39 is 6.10 Å². The lowest BCUT2D eigenvalue weighted by molar-refractivity contribution is 0.151. The molecule has 16 heavy (non-hydrogen) atoms. The van der Waals surface area contributed by atoms with Gasteiger partial charge in [0.2, 0.25) is 0 Å². The summed E-state index contributed by atoms with van der Waals surface area (Å²) in [5, 5.41) is 18.6. The van der Waals surface area contributed by atoms with Crippen LogP contribution in [0.2, 0.25) is 0 Å². The molecular weight excluding hydrogens is 204 g/mol. The highest BCUT2D eigenvalue weighted by atomic mass is 16.5. The molecule has 1 aromatic carbocycles. The van der Waals surface area contributed by atoms with Crippen molar-refractivity contribution in [3.8, 4) is 5.75 Å². The zero-order valence-corrected chi connectivity index (χ0v) is 9.30. The van der Waals surface area contributed by atoms with Crippen LogP contribution in [0.3, 0.4) is 0 Å². The first-order valence-corrected chi connectivity index (χ1v) is 5.85. The SMILES string of the molecule is OCCCC(O)c1cccc(OC2CC2)c1. The van der Waals surface area contributed by atoms with Gasteiger partial charge in [0.1, 0.15) is 5.75 Å². The highest BCUT2D eigenvalue weighted by Crippen LogP contribution is 2.29. The van der Waals surface area contributed by atoms with Crippen molar-refractivity contribution in [1.29, 1.82) is 0 Å². The third-order valence-electron chi connectivity index (χ3n) is 2.71. The van der Waals surface area contributed by atoms with E-state index >= 15 is 0 Å². The average Bonchev–Trinajstić information content (AvgIpc) is 3.10. The molecule has 1 aliphatic rings. The Hall–Kier alpha value is -1.06. The summed E-state index contributed by atoms with van der Waals surface area (Å²) < 4.78 is 5.66. The molecule has 0 bridgehead atoms. The van der Waals surface area contributed by atoms with Crippen LogP contribution in [0.1, 0.15) is 37.4 Å². The van der Waals surface area contributed by atoms with Crippen LogP contribution in [-0.4, -0.2) is 22.9 Å². The fraction of sp³-hybridized carbons (Fsp3) is 0.538. The Kier molecular flexibility index (Phi) is 3.80. The van der Waals surface area contributed by atoms with Crippen molar-refractivity contribution in [2.45, 2.75) is 37.9 Å². The average molecular weight is 222 g/mol. The van der Waals surface area contributed by atoms with Gasteiger partial charge in [-0.25, -0.2) is 0 Å². The number of aliphatic hydroxyl groups is 2. The highest BCUT2D eigenvalue weighted by molar-refractivity contribution is 5.30. The summed E-state index contributed by atoms with van der Waals surface area (Å²) in [6, 6.07) is 7.60. The predicted octanol–water partition coefficient (Wildman–Crippen LogP) is 2.03. The van der Waals surface area contributed by atoms with Gasteiger partial charge < -0.3 is 14.9 Å². The minimum atomic E-state index is -0.505. The molecule has 1 saturated carbocycles. The number of aliphatic hydroxyl groups excluding tert-OH is 2. The monoisotopic (exact) mass is 222 g/mol. The van der Waals surface area contributed by atoms with Crippen molar-refractivity contribution < 1.29 is 14.9 Å². The minimum absolute atomic E-state index is 0.120. The first kappa shape index (κ1) is 11.4. The van der Waals surface area contributed by atoms with Gasteiger partial charge in [0.15, 0.2) is 0 Å². The molecule has 0 aliphatic heterocycles. The fourth-order valence-electron chi connectivity index (χ4n) is 1.62. The summed E-state index contributed by atoms with van der Waals surface area (Å²) in [6.45, 7) is 0.120. The second-order valence-electron chi connectivity index (χ2n) is 4.27. The molecule has 1 fully saturated rings. The second kappa shape index (κ2) is 5.32. The van der Waals surface area contributed by atoms with Gasteiger partial charge in [0.25, 0.3) is 0 Å². The van der Waals surface area contributed by atoms with Crippen LogP contribution in [0.5, 0.6) is 5.75 Å². The van der Waals surface area contributed by atoms with Crippen molar-refractivity contribution in [1.82, 2.24) is 0 Å². The molecule has 0 heterocycles. The maximum atomic E-state index is 9.86. The normalized spacial score (nSPS) is 17.1. The zero-order valence-electron chi connectivity index (χ0n) is 9.30. The molecule has 1 aliphatic carbocycles. The summed E-state index contributed by atoms with van der Waals surface area (Å²) in [4.78, 5) is 0. The molecule has 3 heteroatoms. The summed E-state index contributed by atoms with van der Waals surface area (Å²) in [7, 11) is 0. The van der Waals surface area contributed by atoms with Crippen LogP contribution in [-0.2, 0) is 0 Å². The van der Waals surface area contributed by atoms with Gasteiger partial charge >= 0.3 is 0 Å². The van der Waals surface area contributed by atoms with Crippen molar-refractivity contribution >= 4 is 0 Å². The lowest BCUT2D eigenvalue weighted by Crippen LogP contribution is -2.01. The summed E-state index contributed by atoms with van der Waals surface area (Å²) in [6.07, 6.45) is 3.35. The van der Waals surface area contributed by atoms with Gasteiger partial charge in [-0.3, -0.25) is 0 Å². The first-order chi connectivity index (χ1) is 7.79. The van der Waals surface area contributed by atoms with Gasteiger partial charge in [-0.05, 0) is 43.4 Å². The van der Waals surface area contributed by atoms with E-state index in [0.717, 1.165) is 24.2 Å². The molecule has 0 radical (unpaired) electrons. The van der Waals surface area contributed by atoms with Crippen molar-refractivity contribution in [2.24, 2.45) is 0 Å². The number of hydrogen-bond acceptors (Lipinski definition) is 3. The van der Waals surface area contributed by atoms with Crippen LogP contribution in [0.15, 0.2) is 24.3 Å². The summed E-state index contributed by atoms with van der Waals surface area (Å²) in [5.41, 5.74) is 0.867. The van der Waals surface area contributed by atoms with E-state index in [1.54, 1.807) is 0 Å². The van der Waals surface area contributed by atoms with Crippen LogP contribution in [0.4, 0.5) is 0 Å². The maximum absolute atomic E-state index is 9.86. The lowest BCUT2D eigenvalue weighted by Gasteiger charge is -2.12. The van der Waals surface area contributed by atoms with E-state index in [2.05, 4.69) is 0 Å². The molecule has 0 spiro atoms. The number of benzene rings is 1. The first-order valence-electron chi connectivity index (χ1n) is 5.85. The molecule has 1 atom stereocenters. The minimum Gasteiger partial charge on any atom is -0.490 e. The van der Waals surface area contributed by atoms with E-state index in [1.165, 1.54) is 0 Å². The zero-order chi connectivity index (χ0) is 11.4. The third-order valence-corrected chi connectivity index (χ3v) is 2.71. The molecular formula is C13H18O3.